The van der Waals surface area contributed by atoms with Crippen molar-refractivity contribution in [3.8, 4) is 0 Å². The summed E-state index contributed by atoms with van der Waals surface area (Å²) >= 11 is 1.92. The van der Waals surface area contributed by atoms with Gasteiger partial charge in [-0.2, -0.15) is 11.8 Å². The van der Waals surface area contributed by atoms with Gasteiger partial charge < -0.3 is 15.4 Å². The predicted octanol–water partition coefficient (Wildman–Crippen LogP) is 1.19. The summed E-state index contributed by atoms with van der Waals surface area (Å²) in [4.78, 5) is 12.0. The van der Waals surface area contributed by atoms with Crippen molar-refractivity contribution >= 4 is 30.1 Å². The van der Waals surface area contributed by atoms with Gasteiger partial charge >= 0.3 is 0 Å². The average Bonchev–Trinajstić information content (AvgIpc) is 2.40. The molecule has 0 aromatic heterocycles. The van der Waals surface area contributed by atoms with E-state index in [1.165, 1.54) is 12.8 Å². The van der Waals surface area contributed by atoms with Gasteiger partial charge in [-0.25, -0.2) is 0 Å². The van der Waals surface area contributed by atoms with Gasteiger partial charge in [0.2, 0.25) is 0 Å². The number of thioether (sulfide) groups is 1. The van der Waals surface area contributed by atoms with Crippen molar-refractivity contribution < 1.29 is 9.53 Å². The van der Waals surface area contributed by atoms with Crippen LogP contribution >= 0.6 is 24.2 Å². The lowest BCUT2D eigenvalue weighted by Crippen LogP contribution is -2.51. The SMILES string of the molecule is CSC1CCCC(NC(=O)C2CNCCO2)C1.Cl. The van der Waals surface area contributed by atoms with E-state index in [9.17, 15) is 4.79 Å². The average molecular weight is 295 g/mol. The van der Waals surface area contributed by atoms with Gasteiger partial charge in [0.25, 0.3) is 5.91 Å². The van der Waals surface area contributed by atoms with Crippen LogP contribution in [0.25, 0.3) is 0 Å². The van der Waals surface area contributed by atoms with E-state index in [1.807, 2.05) is 11.8 Å². The van der Waals surface area contributed by atoms with E-state index in [0.29, 0.717) is 24.4 Å². The van der Waals surface area contributed by atoms with Crippen LogP contribution in [0.3, 0.4) is 0 Å². The minimum atomic E-state index is -0.293. The van der Waals surface area contributed by atoms with Crippen LogP contribution in [-0.2, 0) is 9.53 Å². The molecule has 1 saturated carbocycles. The number of amides is 1. The highest BCUT2D eigenvalue weighted by molar-refractivity contribution is 7.99. The fourth-order valence-electron chi connectivity index (χ4n) is 2.52. The maximum Gasteiger partial charge on any atom is 0.250 e. The molecule has 1 saturated heterocycles. The minimum Gasteiger partial charge on any atom is -0.366 e. The van der Waals surface area contributed by atoms with Crippen molar-refractivity contribution in [2.45, 2.75) is 43.1 Å². The van der Waals surface area contributed by atoms with Gasteiger partial charge in [-0.15, -0.1) is 12.4 Å². The van der Waals surface area contributed by atoms with Crippen LogP contribution in [-0.4, -0.2) is 49.3 Å². The Morgan fingerprint density at radius 1 is 1.44 bits per heavy atom. The molecule has 0 aromatic rings. The van der Waals surface area contributed by atoms with Crippen LogP contribution < -0.4 is 10.6 Å². The minimum absolute atomic E-state index is 0. The summed E-state index contributed by atoms with van der Waals surface area (Å²) in [5.74, 6) is 0.0592. The Morgan fingerprint density at radius 3 is 2.94 bits per heavy atom. The number of hydrogen-bond acceptors (Lipinski definition) is 4. The number of nitrogens with one attached hydrogen (secondary N) is 2. The molecule has 2 aliphatic rings. The highest BCUT2D eigenvalue weighted by atomic mass is 35.5. The van der Waals surface area contributed by atoms with E-state index >= 15 is 0 Å². The molecule has 1 aliphatic heterocycles. The Bertz CT molecular complexity index is 262. The van der Waals surface area contributed by atoms with Gasteiger partial charge in [-0.1, -0.05) is 6.42 Å². The highest BCUT2D eigenvalue weighted by Crippen LogP contribution is 2.26. The second-order valence-corrected chi connectivity index (χ2v) is 5.93. The van der Waals surface area contributed by atoms with Crippen molar-refractivity contribution in [2.75, 3.05) is 26.0 Å². The molecule has 2 rings (SSSR count). The Kier molecular flexibility index (Phi) is 7.37. The summed E-state index contributed by atoms with van der Waals surface area (Å²) in [5, 5.41) is 7.03. The molecule has 0 aromatic carbocycles. The third-order valence-electron chi connectivity index (χ3n) is 3.53. The Hall–Kier alpha value is 0.0300. The molecule has 0 spiro atoms. The van der Waals surface area contributed by atoms with Crippen LogP contribution in [0.4, 0.5) is 0 Å². The lowest BCUT2D eigenvalue weighted by Gasteiger charge is -2.31. The number of carbonyl (C=O) groups is 1. The van der Waals surface area contributed by atoms with E-state index in [2.05, 4.69) is 16.9 Å². The number of hydrogen-bond donors (Lipinski definition) is 2. The standard InChI is InChI=1S/C12H22N2O2S.ClH/c1-17-10-4-2-3-9(7-10)14-12(15)11-8-13-5-6-16-11;/h9-11,13H,2-8H2,1H3,(H,14,15);1H. The zero-order valence-corrected chi connectivity index (χ0v) is 12.4. The summed E-state index contributed by atoms with van der Waals surface area (Å²) in [6, 6.07) is 0.347. The first-order valence-corrected chi connectivity index (χ1v) is 7.74. The predicted molar refractivity (Wildman–Crippen MR) is 77.6 cm³/mol. The van der Waals surface area contributed by atoms with Crippen LogP contribution in [0.5, 0.6) is 0 Å². The van der Waals surface area contributed by atoms with Gasteiger partial charge in [0.1, 0.15) is 6.10 Å². The summed E-state index contributed by atoms with van der Waals surface area (Å²) in [5.41, 5.74) is 0. The zero-order chi connectivity index (χ0) is 12.1. The quantitative estimate of drug-likeness (QED) is 0.821. The second kappa shape index (κ2) is 8.25. The van der Waals surface area contributed by atoms with Crippen LogP contribution in [0.15, 0.2) is 0 Å². The highest BCUT2D eigenvalue weighted by Gasteiger charge is 2.27. The summed E-state index contributed by atoms with van der Waals surface area (Å²) in [6.45, 7) is 2.13. The maximum absolute atomic E-state index is 12.0. The molecule has 18 heavy (non-hydrogen) atoms. The summed E-state index contributed by atoms with van der Waals surface area (Å²) < 4.78 is 5.45. The third kappa shape index (κ3) is 4.61. The van der Waals surface area contributed by atoms with Crippen molar-refractivity contribution in [3.63, 3.8) is 0 Å². The van der Waals surface area contributed by atoms with E-state index in [1.54, 1.807) is 0 Å². The van der Waals surface area contributed by atoms with Gasteiger partial charge in [0, 0.05) is 24.4 Å². The van der Waals surface area contributed by atoms with Gasteiger partial charge in [-0.3, -0.25) is 4.79 Å². The van der Waals surface area contributed by atoms with Gasteiger partial charge in [0.05, 0.1) is 6.61 Å². The molecule has 4 nitrogen and oxygen atoms in total. The lowest BCUT2D eigenvalue weighted by atomic mass is 9.95. The van der Waals surface area contributed by atoms with E-state index in [0.717, 1.165) is 19.4 Å². The molecular weight excluding hydrogens is 272 g/mol. The molecule has 1 heterocycles. The summed E-state index contributed by atoms with van der Waals surface area (Å²) in [7, 11) is 0. The topological polar surface area (TPSA) is 50.4 Å². The molecule has 3 unspecified atom stereocenters. The molecule has 1 aliphatic carbocycles. The largest absolute Gasteiger partial charge is 0.366 e. The third-order valence-corrected chi connectivity index (χ3v) is 4.62. The van der Waals surface area contributed by atoms with Gasteiger partial charge in [0.15, 0.2) is 0 Å². The van der Waals surface area contributed by atoms with Crippen LogP contribution in [0, 0.1) is 0 Å². The molecule has 0 bridgehead atoms. The first-order chi connectivity index (χ1) is 8.29. The fraction of sp³-hybridized carbons (Fsp3) is 0.917. The Labute approximate surface area is 119 Å². The smallest absolute Gasteiger partial charge is 0.250 e. The molecule has 1 amide bonds. The van der Waals surface area contributed by atoms with E-state index in [-0.39, 0.29) is 24.4 Å². The first-order valence-electron chi connectivity index (χ1n) is 6.45. The zero-order valence-electron chi connectivity index (χ0n) is 10.8. The molecular formula is C12H23ClN2O2S. The molecule has 2 N–H and O–H groups in total. The first kappa shape index (κ1) is 16.1. The molecule has 3 atom stereocenters. The van der Waals surface area contributed by atoms with Crippen molar-refractivity contribution in [1.29, 1.82) is 0 Å². The Balaban J connectivity index is 0.00000162. The Morgan fingerprint density at radius 2 is 2.28 bits per heavy atom. The number of morpholine rings is 1. The van der Waals surface area contributed by atoms with Crippen molar-refractivity contribution in [3.05, 3.63) is 0 Å². The van der Waals surface area contributed by atoms with Crippen molar-refractivity contribution in [1.82, 2.24) is 10.6 Å². The van der Waals surface area contributed by atoms with Gasteiger partial charge in [-0.05, 0) is 25.5 Å². The van der Waals surface area contributed by atoms with E-state index < -0.39 is 0 Å². The number of halogens is 1. The van der Waals surface area contributed by atoms with E-state index in [4.69, 9.17) is 4.74 Å². The lowest BCUT2D eigenvalue weighted by molar-refractivity contribution is -0.135. The van der Waals surface area contributed by atoms with Crippen LogP contribution in [0.1, 0.15) is 25.7 Å². The maximum atomic E-state index is 12.0. The number of ether oxygens (including phenoxy) is 1. The number of rotatable bonds is 3. The molecule has 2 fully saturated rings. The summed E-state index contributed by atoms with van der Waals surface area (Å²) in [6.07, 6.45) is 6.59. The van der Waals surface area contributed by atoms with Crippen molar-refractivity contribution in [2.24, 2.45) is 0 Å². The molecule has 0 radical (unpaired) electrons. The molecule has 106 valence electrons. The normalized spacial score (nSPS) is 32.4. The monoisotopic (exact) mass is 294 g/mol. The fourth-order valence-corrected chi connectivity index (χ4v) is 3.35. The number of carbonyl (C=O) groups excluding carboxylic acids is 1. The second-order valence-electron chi connectivity index (χ2n) is 4.79. The molecule has 6 heteroatoms. The van der Waals surface area contributed by atoms with Crippen LogP contribution in [0.2, 0.25) is 0 Å².